The van der Waals surface area contributed by atoms with E-state index in [0.29, 0.717) is 17.9 Å². The first kappa shape index (κ1) is 12.8. The summed E-state index contributed by atoms with van der Waals surface area (Å²) < 4.78 is 4.99. The van der Waals surface area contributed by atoms with Gasteiger partial charge in [-0.2, -0.15) is 0 Å². The molecule has 0 aromatic carbocycles. The average Bonchev–Trinajstić information content (AvgIpc) is 2.36. The zero-order valence-corrected chi connectivity index (χ0v) is 10.7. The lowest BCUT2D eigenvalue weighted by atomic mass is 9.48. The Bertz CT molecular complexity index is 289. The van der Waals surface area contributed by atoms with E-state index in [2.05, 4.69) is 0 Å². The van der Waals surface area contributed by atoms with Gasteiger partial charge in [-0.1, -0.05) is 0 Å². The predicted molar refractivity (Wildman–Crippen MR) is 64.1 cm³/mol. The first-order chi connectivity index (χ1) is 8.14. The van der Waals surface area contributed by atoms with Gasteiger partial charge in [0, 0.05) is 13.2 Å². The van der Waals surface area contributed by atoms with E-state index in [0.717, 1.165) is 32.3 Å². The molecule has 2 atom stereocenters. The standard InChI is InChI=1S/C12H19NO2.CH4O/c1-15-11(14)12-4-7-2-8(5-12)10(13)9(3-7)6-12;1-2/h7-10H,2-6,13H2,1H3;2H,1H3. The molecule has 98 valence electrons. The van der Waals surface area contributed by atoms with Gasteiger partial charge < -0.3 is 15.6 Å². The molecule has 4 aliphatic rings. The van der Waals surface area contributed by atoms with Crippen LogP contribution in [-0.4, -0.2) is 31.3 Å². The van der Waals surface area contributed by atoms with E-state index in [1.54, 1.807) is 0 Å². The molecule has 4 saturated carbocycles. The minimum atomic E-state index is -0.152. The van der Waals surface area contributed by atoms with Crippen LogP contribution in [-0.2, 0) is 9.53 Å². The van der Waals surface area contributed by atoms with Gasteiger partial charge in [-0.15, -0.1) is 0 Å². The molecule has 2 unspecified atom stereocenters. The molecule has 0 amide bonds. The van der Waals surface area contributed by atoms with E-state index in [1.165, 1.54) is 20.0 Å². The molecule has 0 radical (unpaired) electrons. The van der Waals surface area contributed by atoms with Crippen LogP contribution in [0.2, 0.25) is 0 Å². The Labute approximate surface area is 103 Å². The molecule has 4 bridgehead atoms. The molecule has 3 N–H and O–H groups in total. The van der Waals surface area contributed by atoms with Crippen molar-refractivity contribution in [2.75, 3.05) is 14.2 Å². The lowest BCUT2D eigenvalue weighted by Gasteiger charge is -2.57. The summed E-state index contributed by atoms with van der Waals surface area (Å²) in [5.41, 5.74) is 6.06. The van der Waals surface area contributed by atoms with E-state index in [4.69, 9.17) is 15.6 Å². The zero-order valence-electron chi connectivity index (χ0n) is 10.7. The Balaban J connectivity index is 0.000000514. The predicted octanol–water partition coefficient (Wildman–Crippen LogP) is 0.921. The molecule has 0 aromatic heterocycles. The lowest BCUT2D eigenvalue weighted by Crippen LogP contribution is -2.59. The Morgan fingerprint density at radius 1 is 1.24 bits per heavy atom. The SMILES string of the molecule is CO.COC(=O)C12CC3CC(C1)C(N)C(C3)C2. The van der Waals surface area contributed by atoms with Gasteiger partial charge >= 0.3 is 5.97 Å². The highest BCUT2D eigenvalue weighted by Crippen LogP contribution is 2.59. The van der Waals surface area contributed by atoms with Crippen LogP contribution in [0.4, 0.5) is 0 Å². The molecule has 4 rings (SSSR count). The summed E-state index contributed by atoms with van der Waals surface area (Å²) in [4.78, 5) is 11.9. The van der Waals surface area contributed by atoms with Crippen LogP contribution >= 0.6 is 0 Å². The second kappa shape index (κ2) is 4.58. The van der Waals surface area contributed by atoms with Gasteiger partial charge in [0.05, 0.1) is 12.5 Å². The maximum Gasteiger partial charge on any atom is 0.311 e. The molecule has 4 aliphatic carbocycles. The smallest absolute Gasteiger partial charge is 0.311 e. The number of rotatable bonds is 1. The van der Waals surface area contributed by atoms with Crippen molar-refractivity contribution in [1.29, 1.82) is 0 Å². The number of esters is 1. The molecular weight excluding hydrogens is 218 g/mol. The number of aliphatic hydroxyl groups is 1. The van der Waals surface area contributed by atoms with Gasteiger partial charge in [-0.05, 0) is 49.9 Å². The van der Waals surface area contributed by atoms with E-state index >= 15 is 0 Å². The van der Waals surface area contributed by atoms with E-state index in [1.807, 2.05) is 0 Å². The fourth-order valence-electron chi connectivity index (χ4n) is 4.53. The highest BCUT2D eigenvalue weighted by molar-refractivity contribution is 5.77. The summed E-state index contributed by atoms with van der Waals surface area (Å²) >= 11 is 0. The third-order valence-electron chi connectivity index (χ3n) is 4.96. The quantitative estimate of drug-likeness (QED) is 0.670. The molecule has 0 heterocycles. The molecule has 0 aliphatic heterocycles. The van der Waals surface area contributed by atoms with Crippen molar-refractivity contribution in [3.63, 3.8) is 0 Å². The maximum atomic E-state index is 11.9. The highest BCUT2D eigenvalue weighted by Gasteiger charge is 2.58. The fourth-order valence-corrected chi connectivity index (χ4v) is 4.53. The number of carbonyl (C=O) groups excluding carboxylic acids is 1. The number of ether oxygens (including phenoxy) is 1. The number of carbonyl (C=O) groups is 1. The molecule has 4 fully saturated rings. The Morgan fingerprint density at radius 3 is 2.24 bits per heavy atom. The molecule has 0 saturated heterocycles. The molecule has 0 aromatic rings. The van der Waals surface area contributed by atoms with Crippen molar-refractivity contribution in [3.8, 4) is 0 Å². The highest BCUT2D eigenvalue weighted by atomic mass is 16.5. The van der Waals surface area contributed by atoms with Crippen molar-refractivity contribution in [3.05, 3.63) is 0 Å². The second-order valence-electron chi connectivity index (χ2n) is 5.82. The van der Waals surface area contributed by atoms with Crippen molar-refractivity contribution in [2.24, 2.45) is 28.9 Å². The molecule has 4 heteroatoms. The van der Waals surface area contributed by atoms with Crippen molar-refractivity contribution < 1.29 is 14.6 Å². The fraction of sp³-hybridized carbons (Fsp3) is 0.923. The van der Waals surface area contributed by atoms with Gasteiger partial charge in [0.2, 0.25) is 0 Å². The summed E-state index contributed by atoms with van der Waals surface area (Å²) in [5, 5.41) is 7.00. The third kappa shape index (κ3) is 1.87. The van der Waals surface area contributed by atoms with E-state index < -0.39 is 0 Å². The first-order valence-corrected chi connectivity index (χ1v) is 6.43. The van der Waals surface area contributed by atoms with Crippen LogP contribution in [0, 0.1) is 23.2 Å². The molecule has 0 spiro atoms. The molecular formula is C13H23NO3. The van der Waals surface area contributed by atoms with Gasteiger partial charge in [0.1, 0.15) is 0 Å². The minimum Gasteiger partial charge on any atom is -0.469 e. The zero-order chi connectivity index (χ0) is 12.6. The number of aliphatic hydroxyl groups excluding tert-OH is 1. The van der Waals surface area contributed by atoms with Gasteiger partial charge in [0.25, 0.3) is 0 Å². The number of hydrogen-bond donors (Lipinski definition) is 2. The normalized spacial score (nSPS) is 46.1. The van der Waals surface area contributed by atoms with Gasteiger partial charge in [-0.25, -0.2) is 0 Å². The lowest BCUT2D eigenvalue weighted by molar-refractivity contribution is -0.169. The van der Waals surface area contributed by atoms with Crippen LogP contribution in [0.15, 0.2) is 0 Å². The molecule has 4 nitrogen and oxygen atoms in total. The van der Waals surface area contributed by atoms with E-state index in [-0.39, 0.29) is 11.4 Å². The number of methoxy groups -OCH3 is 1. The molecule has 17 heavy (non-hydrogen) atoms. The Hall–Kier alpha value is -0.610. The van der Waals surface area contributed by atoms with Crippen molar-refractivity contribution >= 4 is 5.97 Å². The Kier molecular flexibility index (Phi) is 3.46. The van der Waals surface area contributed by atoms with Crippen molar-refractivity contribution in [1.82, 2.24) is 0 Å². The monoisotopic (exact) mass is 241 g/mol. The van der Waals surface area contributed by atoms with Crippen LogP contribution in [0.3, 0.4) is 0 Å². The topological polar surface area (TPSA) is 72.5 Å². The summed E-state index contributed by atoms with van der Waals surface area (Å²) in [6, 6.07) is 0.347. The minimum absolute atomic E-state index is 0.0220. The largest absolute Gasteiger partial charge is 0.469 e. The van der Waals surface area contributed by atoms with Crippen LogP contribution < -0.4 is 5.73 Å². The van der Waals surface area contributed by atoms with Crippen molar-refractivity contribution in [2.45, 2.75) is 38.1 Å². The first-order valence-electron chi connectivity index (χ1n) is 6.43. The summed E-state index contributed by atoms with van der Waals surface area (Å²) in [6.45, 7) is 0. The van der Waals surface area contributed by atoms with Crippen LogP contribution in [0.1, 0.15) is 32.1 Å². The summed E-state index contributed by atoms with van der Waals surface area (Å²) in [5.74, 6) is 1.92. The average molecular weight is 241 g/mol. The van der Waals surface area contributed by atoms with E-state index in [9.17, 15) is 4.79 Å². The Morgan fingerprint density at radius 2 is 1.76 bits per heavy atom. The van der Waals surface area contributed by atoms with Gasteiger partial charge in [-0.3, -0.25) is 4.79 Å². The number of nitrogens with two attached hydrogens (primary N) is 1. The summed E-state index contributed by atoms with van der Waals surface area (Å²) in [7, 11) is 2.51. The third-order valence-corrected chi connectivity index (χ3v) is 4.96. The van der Waals surface area contributed by atoms with Crippen LogP contribution in [0.25, 0.3) is 0 Å². The van der Waals surface area contributed by atoms with Gasteiger partial charge in [0.15, 0.2) is 0 Å². The summed E-state index contributed by atoms with van der Waals surface area (Å²) in [6.07, 6.45) is 5.51. The number of hydrogen-bond acceptors (Lipinski definition) is 4. The second-order valence-corrected chi connectivity index (χ2v) is 5.82. The van der Waals surface area contributed by atoms with Crippen LogP contribution in [0.5, 0.6) is 0 Å². The maximum absolute atomic E-state index is 11.9.